The van der Waals surface area contributed by atoms with Gasteiger partial charge in [0.25, 0.3) is 5.91 Å². The van der Waals surface area contributed by atoms with Gasteiger partial charge in [0.2, 0.25) is 0 Å². The number of hydrogen-bond donors (Lipinski definition) is 2. The number of carbonyl (C=O) groups excluding carboxylic acids is 3. The Morgan fingerprint density at radius 2 is 1.71 bits per heavy atom. The van der Waals surface area contributed by atoms with Crippen molar-refractivity contribution in [3.63, 3.8) is 0 Å². The van der Waals surface area contributed by atoms with Crippen LogP contribution in [0.1, 0.15) is 23.0 Å². The Balaban J connectivity index is 1.88. The molecule has 0 spiro atoms. The maximum Gasteiger partial charge on any atom is 0.411 e. The third kappa shape index (κ3) is 6.11. The molecule has 2 aromatic rings. The van der Waals surface area contributed by atoms with Crippen LogP contribution < -0.4 is 10.6 Å². The van der Waals surface area contributed by atoms with Crippen molar-refractivity contribution in [3.8, 4) is 0 Å². The number of esters is 1. The molecule has 2 amide bonds. The normalized spacial score (nSPS) is 10.1. The molecule has 0 radical (unpaired) electrons. The number of anilines is 2. The van der Waals surface area contributed by atoms with Gasteiger partial charge in [0, 0.05) is 5.69 Å². The summed E-state index contributed by atoms with van der Waals surface area (Å²) < 4.78 is 9.71. The molecule has 28 heavy (non-hydrogen) atoms. The van der Waals surface area contributed by atoms with Crippen molar-refractivity contribution in [2.75, 3.05) is 23.8 Å². The van der Waals surface area contributed by atoms with E-state index in [1.54, 1.807) is 13.8 Å². The molecule has 0 aliphatic rings. The van der Waals surface area contributed by atoms with Crippen LogP contribution in [0.3, 0.4) is 0 Å². The molecule has 0 atom stereocenters. The maximum absolute atomic E-state index is 12.0. The smallest absolute Gasteiger partial charge is 0.411 e. The first-order valence-electron chi connectivity index (χ1n) is 8.13. The highest BCUT2D eigenvalue weighted by molar-refractivity contribution is 6.36. The Morgan fingerprint density at radius 3 is 2.36 bits per heavy atom. The van der Waals surface area contributed by atoms with E-state index < -0.39 is 24.6 Å². The van der Waals surface area contributed by atoms with E-state index >= 15 is 0 Å². The number of aryl methyl sites for hydroxylation is 1. The van der Waals surface area contributed by atoms with Gasteiger partial charge in [0.05, 0.1) is 27.9 Å². The average Bonchev–Trinajstić information content (AvgIpc) is 2.65. The summed E-state index contributed by atoms with van der Waals surface area (Å²) >= 11 is 11.9. The molecular weight excluding hydrogens is 409 g/mol. The predicted octanol–water partition coefficient (Wildman–Crippen LogP) is 4.06. The van der Waals surface area contributed by atoms with Crippen molar-refractivity contribution in [2.24, 2.45) is 0 Å². The Kier molecular flexibility index (Phi) is 7.60. The molecule has 10 heteroatoms. The molecule has 0 fully saturated rings. The van der Waals surface area contributed by atoms with E-state index in [0.717, 1.165) is 0 Å². The fraction of sp³-hybridized carbons (Fsp3) is 0.222. The molecule has 8 nitrogen and oxygen atoms in total. The molecule has 0 aliphatic carbocycles. The number of benzene rings is 1. The lowest BCUT2D eigenvalue weighted by Crippen LogP contribution is -2.22. The number of rotatable bonds is 6. The third-order valence-corrected chi connectivity index (χ3v) is 4.01. The highest BCUT2D eigenvalue weighted by Gasteiger charge is 2.14. The van der Waals surface area contributed by atoms with Crippen molar-refractivity contribution in [2.45, 2.75) is 13.8 Å². The number of halogens is 2. The van der Waals surface area contributed by atoms with E-state index in [1.807, 2.05) is 0 Å². The topological polar surface area (TPSA) is 107 Å². The SMILES string of the molecule is CCOC(=O)Nc1ccc(C(=O)OCC(=O)Nc2nc(C)c(Cl)cc2Cl)cc1. The molecular formula is C18H17Cl2N3O5. The Morgan fingerprint density at radius 1 is 1.04 bits per heavy atom. The van der Waals surface area contributed by atoms with Crippen LogP contribution in [0.4, 0.5) is 16.3 Å². The van der Waals surface area contributed by atoms with Crippen LogP contribution in [0, 0.1) is 6.92 Å². The van der Waals surface area contributed by atoms with Crippen molar-refractivity contribution >= 4 is 52.7 Å². The first-order valence-corrected chi connectivity index (χ1v) is 8.89. The molecule has 1 heterocycles. The van der Waals surface area contributed by atoms with Crippen LogP contribution in [0.15, 0.2) is 30.3 Å². The monoisotopic (exact) mass is 425 g/mol. The second-order valence-electron chi connectivity index (χ2n) is 5.43. The zero-order valence-corrected chi connectivity index (χ0v) is 16.6. The zero-order valence-electron chi connectivity index (χ0n) is 15.0. The first kappa shape index (κ1) is 21.5. The van der Waals surface area contributed by atoms with Gasteiger partial charge >= 0.3 is 12.1 Å². The number of amides is 2. The number of pyridine rings is 1. The van der Waals surface area contributed by atoms with Gasteiger partial charge in [0.15, 0.2) is 12.4 Å². The maximum atomic E-state index is 12.0. The van der Waals surface area contributed by atoms with Crippen LogP contribution in [-0.4, -0.2) is 36.2 Å². The number of aromatic nitrogens is 1. The number of hydrogen-bond acceptors (Lipinski definition) is 6. The van der Waals surface area contributed by atoms with Crippen LogP contribution in [0.25, 0.3) is 0 Å². The van der Waals surface area contributed by atoms with E-state index in [4.69, 9.17) is 32.7 Å². The van der Waals surface area contributed by atoms with Gasteiger partial charge < -0.3 is 14.8 Å². The molecule has 0 bridgehead atoms. The lowest BCUT2D eigenvalue weighted by atomic mass is 10.2. The van der Waals surface area contributed by atoms with Gasteiger partial charge in [-0.15, -0.1) is 0 Å². The van der Waals surface area contributed by atoms with Crippen LogP contribution in [0.2, 0.25) is 10.0 Å². The van der Waals surface area contributed by atoms with Crippen LogP contribution >= 0.6 is 23.2 Å². The van der Waals surface area contributed by atoms with Crippen molar-refractivity contribution < 1.29 is 23.9 Å². The number of nitrogens with one attached hydrogen (secondary N) is 2. The average molecular weight is 426 g/mol. The minimum Gasteiger partial charge on any atom is -0.452 e. The minimum absolute atomic E-state index is 0.124. The molecule has 2 rings (SSSR count). The minimum atomic E-state index is -0.704. The summed E-state index contributed by atoms with van der Waals surface area (Å²) in [5.74, 6) is -1.19. The van der Waals surface area contributed by atoms with Crippen molar-refractivity contribution in [1.29, 1.82) is 0 Å². The Labute approximate surface area is 171 Å². The lowest BCUT2D eigenvalue weighted by molar-refractivity contribution is -0.119. The van der Waals surface area contributed by atoms with E-state index in [9.17, 15) is 14.4 Å². The molecule has 1 aromatic carbocycles. The summed E-state index contributed by atoms with van der Waals surface area (Å²) in [7, 11) is 0. The summed E-state index contributed by atoms with van der Waals surface area (Å²) in [4.78, 5) is 39.4. The van der Waals surface area contributed by atoms with Gasteiger partial charge in [-0.2, -0.15) is 0 Å². The highest BCUT2D eigenvalue weighted by atomic mass is 35.5. The summed E-state index contributed by atoms with van der Waals surface area (Å²) in [6.45, 7) is 3.07. The molecule has 2 N–H and O–H groups in total. The quantitative estimate of drug-likeness (QED) is 0.675. The second-order valence-corrected chi connectivity index (χ2v) is 6.25. The molecule has 0 saturated heterocycles. The van der Waals surface area contributed by atoms with Gasteiger partial charge in [0.1, 0.15) is 0 Å². The summed E-state index contributed by atoms with van der Waals surface area (Å²) in [6.07, 6.45) is -0.598. The number of nitrogens with zero attached hydrogens (tertiary/aromatic N) is 1. The van der Waals surface area contributed by atoms with Crippen molar-refractivity contribution in [1.82, 2.24) is 4.98 Å². The molecule has 0 unspecified atom stereocenters. The highest BCUT2D eigenvalue weighted by Crippen LogP contribution is 2.25. The number of carbonyl (C=O) groups is 3. The first-order chi connectivity index (χ1) is 13.3. The zero-order chi connectivity index (χ0) is 20.7. The fourth-order valence-corrected chi connectivity index (χ4v) is 2.41. The molecule has 0 aliphatic heterocycles. The van der Waals surface area contributed by atoms with Crippen LogP contribution in [0.5, 0.6) is 0 Å². The van der Waals surface area contributed by atoms with E-state index in [1.165, 1.54) is 30.3 Å². The van der Waals surface area contributed by atoms with E-state index in [0.29, 0.717) is 16.4 Å². The van der Waals surface area contributed by atoms with E-state index in [2.05, 4.69) is 15.6 Å². The summed E-state index contributed by atoms with van der Waals surface area (Å²) in [6, 6.07) is 7.37. The van der Waals surface area contributed by atoms with Gasteiger partial charge in [-0.1, -0.05) is 23.2 Å². The molecule has 148 valence electrons. The van der Waals surface area contributed by atoms with Crippen LogP contribution in [-0.2, 0) is 14.3 Å². The standard InChI is InChI=1S/C18H17Cl2N3O5/c1-3-27-18(26)22-12-6-4-11(5-7-12)17(25)28-9-15(24)23-16-14(20)8-13(19)10(2)21-16/h4-8H,3,9H2,1-2H3,(H,22,26)(H,21,23,24). The molecule has 1 aromatic heterocycles. The fourth-order valence-electron chi connectivity index (χ4n) is 2.00. The lowest BCUT2D eigenvalue weighted by Gasteiger charge is -2.09. The largest absolute Gasteiger partial charge is 0.452 e. The van der Waals surface area contributed by atoms with Crippen molar-refractivity contribution in [3.05, 3.63) is 51.6 Å². The van der Waals surface area contributed by atoms with Gasteiger partial charge in [-0.3, -0.25) is 10.1 Å². The molecule has 0 saturated carbocycles. The van der Waals surface area contributed by atoms with Gasteiger partial charge in [-0.05, 0) is 44.2 Å². The summed E-state index contributed by atoms with van der Waals surface area (Å²) in [5.41, 5.74) is 1.15. The summed E-state index contributed by atoms with van der Waals surface area (Å²) in [5, 5.41) is 5.48. The number of ether oxygens (including phenoxy) is 2. The second kappa shape index (κ2) is 9.91. The Bertz CT molecular complexity index is 888. The third-order valence-electron chi connectivity index (χ3n) is 3.34. The van der Waals surface area contributed by atoms with E-state index in [-0.39, 0.29) is 23.0 Å². The predicted molar refractivity (Wildman–Crippen MR) is 105 cm³/mol. The Hall–Kier alpha value is -2.84. The van der Waals surface area contributed by atoms with Gasteiger partial charge in [-0.25, -0.2) is 14.6 Å².